The number of nitrogens with zero attached hydrogens (tertiary/aromatic N) is 1. The van der Waals surface area contributed by atoms with E-state index in [1.165, 1.54) is 17.0 Å². The quantitative estimate of drug-likeness (QED) is 0.921. The van der Waals surface area contributed by atoms with E-state index < -0.39 is 0 Å². The standard InChI is InChI=1S/C16H26N2OS/c1-11(17-4)16-14(7-6-8-15(16)19-5)18-9-10-20-13(3)12(18)2/h6-8,11-13,17H,9-10H2,1-5H3. The van der Waals surface area contributed by atoms with E-state index in [4.69, 9.17) is 4.74 Å². The number of ether oxygens (including phenoxy) is 1. The maximum absolute atomic E-state index is 5.59. The molecule has 0 amide bonds. The van der Waals surface area contributed by atoms with E-state index in [0.717, 1.165) is 12.3 Å². The maximum atomic E-state index is 5.59. The molecule has 1 aliphatic rings. The maximum Gasteiger partial charge on any atom is 0.125 e. The minimum absolute atomic E-state index is 0.276. The van der Waals surface area contributed by atoms with E-state index in [0.29, 0.717) is 11.3 Å². The van der Waals surface area contributed by atoms with Crippen molar-refractivity contribution in [3.8, 4) is 5.75 Å². The Labute approximate surface area is 127 Å². The van der Waals surface area contributed by atoms with Crippen LogP contribution >= 0.6 is 11.8 Å². The summed E-state index contributed by atoms with van der Waals surface area (Å²) in [5, 5.41) is 4.01. The number of methoxy groups -OCH3 is 1. The third-order valence-corrected chi connectivity index (χ3v) is 5.66. The van der Waals surface area contributed by atoms with E-state index in [-0.39, 0.29) is 6.04 Å². The molecule has 1 aromatic rings. The zero-order valence-corrected chi connectivity index (χ0v) is 14.0. The van der Waals surface area contributed by atoms with Crippen LogP contribution in [0.25, 0.3) is 0 Å². The molecule has 4 heteroatoms. The average Bonchev–Trinajstić information content (AvgIpc) is 2.48. The first-order valence-corrected chi connectivity index (χ1v) is 8.37. The Morgan fingerprint density at radius 2 is 2.15 bits per heavy atom. The van der Waals surface area contributed by atoms with Crippen molar-refractivity contribution in [3.05, 3.63) is 23.8 Å². The van der Waals surface area contributed by atoms with Gasteiger partial charge in [0.1, 0.15) is 5.75 Å². The minimum atomic E-state index is 0.276. The fraction of sp³-hybridized carbons (Fsp3) is 0.625. The van der Waals surface area contributed by atoms with Gasteiger partial charge >= 0.3 is 0 Å². The highest BCUT2D eigenvalue weighted by Crippen LogP contribution is 2.38. The summed E-state index contributed by atoms with van der Waals surface area (Å²) in [6.45, 7) is 7.94. The topological polar surface area (TPSA) is 24.5 Å². The minimum Gasteiger partial charge on any atom is -0.496 e. The first-order valence-electron chi connectivity index (χ1n) is 7.32. The van der Waals surface area contributed by atoms with Gasteiger partial charge in [-0.05, 0) is 33.0 Å². The van der Waals surface area contributed by atoms with E-state index in [1.807, 2.05) is 7.05 Å². The molecular weight excluding hydrogens is 268 g/mol. The Bertz CT molecular complexity index is 452. The molecule has 3 atom stereocenters. The highest BCUT2D eigenvalue weighted by Gasteiger charge is 2.28. The zero-order chi connectivity index (χ0) is 14.7. The van der Waals surface area contributed by atoms with Crippen molar-refractivity contribution >= 4 is 17.4 Å². The predicted octanol–water partition coefficient (Wildman–Crippen LogP) is 3.31. The van der Waals surface area contributed by atoms with Crippen LogP contribution in [-0.2, 0) is 0 Å². The van der Waals surface area contributed by atoms with Gasteiger partial charge in [0.25, 0.3) is 0 Å². The molecule has 1 fully saturated rings. The largest absolute Gasteiger partial charge is 0.496 e. The summed E-state index contributed by atoms with van der Waals surface area (Å²) in [4.78, 5) is 2.53. The number of hydrogen-bond donors (Lipinski definition) is 1. The molecule has 1 heterocycles. The molecule has 1 aliphatic heterocycles. The number of benzene rings is 1. The third kappa shape index (κ3) is 2.91. The highest BCUT2D eigenvalue weighted by molar-refractivity contribution is 8.00. The monoisotopic (exact) mass is 294 g/mol. The number of hydrogen-bond acceptors (Lipinski definition) is 4. The molecule has 0 bridgehead atoms. The Hall–Kier alpha value is -0.870. The molecule has 112 valence electrons. The van der Waals surface area contributed by atoms with Gasteiger partial charge in [-0.15, -0.1) is 0 Å². The van der Waals surface area contributed by atoms with Gasteiger partial charge in [-0.3, -0.25) is 0 Å². The van der Waals surface area contributed by atoms with Crippen molar-refractivity contribution in [1.82, 2.24) is 5.32 Å². The van der Waals surface area contributed by atoms with Gasteiger partial charge in [-0.25, -0.2) is 0 Å². The number of nitrogens with one attached hydrogen (secondary N) is 1. The second-order valence-corrected chi connectivity index (χ2v) is 6.90. The Morgan fingerprint density at radius 1 is 1.40 bits per heavy atom. The fourth-order valence-electron chi connectivity index (χ4n) is 2.81. The Balaban J connectivity index is 2.44. The molecule has 20 heavy (non-hydrogen) atoms. The summed E-state index contributed by atoms with van der Waals surface area (Å²) in [7, 11) is 3.75. The molecular formula is C16H26N2OS. The summed E-state index contributed by atoms with van der Waals surface area (Å²) in [6, 6.07) is 7.20. The van der Waals surface area contributed by atoms with Crippen LogP contribution in [0.1, 0.15) is 32.4 Å². The van der Waals surface area contributed by atoms with Crippen molar-refractivity contribution in [2.24, 2.45) is 0 Å². The molecule has 3 nitrogen and oxygen atoms in total. The molecule has 0 radical (unpaired) electrons. The molecule has 0 saturated carbocycles. The molecule has 2 rings (SSSR count). The summed E-state index contributed by atoms with van der Waals surface area (Å²) >= 11 is 2.07. The predicted molar refractivity (Wildman–Crippen MR) is 89.2 cm³/mol. The molecule has 1 saturated heterocycles. The second-order valence-electron chi connectivity index (χ2n) is 5.41. The van der Waals surface area contributed by atoms with Gasteiger partial charge in [0.2, 0.25) is 0 Å². The van der Waals surface area contributed by atoms with E-state index in [1.54, 1.807) is 7.11 Å². The van der Waals surface area contributed by atoms with E-state index in [2.05, 4.69) is 60.9 Å². The van der Waals surface area contributed by atoms with Crippen LogP contribution in [0.2, 0.25) is 0 Å². The van der Waals surface area contributed by atoms with Crippen LogP contribution in [0.5, 0.6) is 5.75 Å². The average molecular weight is 294 g/mol. The van der Waals surface area contributed by atoms with Crippen LogP contribution in [0, 0.1) is 0 Å². The van der Waals surface area contributed by atoms with Crippen molar-refractivity contribution in [3.63, 3.8) is 0 Å². The van der Waals surface area contributed by atoms with Gasteiger partial charge < -0.3 is 15.0 Å². The lowest BCUT2D eigenvalue weighted by atomic mass is 10.0. The lowest BCUT2D eigenvalue weighted by Gasteiger charge is -2.41. The summed E-state index contributed by atoms with van der Waals surface area (Å²) in [6.07, 6.45) is 0. The van der Waals surface area contributed by atoms with Crippen molar-refractivity contribution < 1.29 is 4.74 Å². The number of anilines is 1. The molecule has 0 aromatic heterocycles. The van der Waals surface area contributed by atoms with Gasteiger partial charge in [-0.1, -0.05) is 13.0 Å². The van der Waals surface area contributed by atoms with Gasteiger partial charge in [0, 0.05) is 40.9 Å². The Morgan fingerprint density at radius 3 is 2.80 bits per heavy atom. The van der Waals surface area contributed by atoms with Crippen LogP contribution < -0.4 is 15.0 Å². The number of thioether (sulfide) groups is 1. The van der Waals surface area contributed by atoms with Crippen LogP contribution in [0.15, 0.2) is 18.2 Å². The number of rotatable bonds is 4. The van der Waals surface area contributed by atoms with Crippen LogP contribution in [0.4, 0.5) is 5.69 Å². The fourth-order valence-corrected chi connectivity index (χ4v) is 3.91. The van der Waals surface area contributed by atoms with Crippen molar-refractivity contribution in [1.29, 1.82) is 0 Å². The summed E-state index contributed by atoms with van der Waals surface area (Å²) in [5.74, 6) is 2.17. The van der Waals surface area contributed by atoms with E-state index in [9.17, 15) is 0 Å². The first kappa shape index (κ1) is 15.5. The molecule has 0 aliphatic carbocycles. The second kappa shape index (κ2) is 6.72. The summed E-state index contributed by atoms with van der Waals surface area (Å²) in [5.41, 5.74) is 2.58. The molecule has 1 aromatic carbocycles. The lowest BCUT2D eigenvalue weighted by molar-refractivity contribution is 0.403. The normalized spacial score (nSPS) is 24.6. The lowest BCUT2D eigenvalue weighted by Crippen LogP contribution is -2.45. The highest BCUT2D eigenvalue weighted by atomic mass is 32.2. The smallest absolute Gasteiger partial charge is 0.125 e. The Kier molecular flexibility index (Phi) is 5.22. The van der Waals surface area contributed by atoms with Crippen molar-refractivity contribution in [2.45, 2.75) is 38.1 Å². The van der Waals surface area contributed by atoms with Gasteiger partial charge in [0.15, 0.2) is 0 Å². The van der Waals surface area contributed by atoms with Crippen molar-refractivity contribution in [2.75, 3.05) is 31.4 Å². The van der Waals surface area contributed by atoms with Gasteiger partial charge in [0.05, 0.1) is 7.11 Å². The molecule has 1 N–H and O–H groups in total. The first-order chi connectivity index (χ1) is 9.60. The molecule has 3 unspecified atom stereocenters. The van der Waals surface area contributed by atoms with Gasteiger partial charge in [-0.2, -0.15) is 11.8 Å². The van der Waals surface area contributed by atoms with Crippen LogP contribution in [0.3, 0.4) is 0 Å². The third-order valence-electron chi connectivity index (χ3n) is 4.32. The summed E-state index contributed by atoms with van der Waals surface area (Å²) < 4.78 is 5.59. The van der Waals surface area contributed by atoms with Crippen LogP contribution in [-0.4, -0.2) is 37.7 Å². The molecule has 0 spiro atoms. The SMILES string of the molecule is CNC(C)c1c(OC)cccc1N1CCSC(C)C1C. The zero-order valence-electron chi connectivity index (χ0n) is 13.1. The van der Waals surface area contributed by atoms with E-state index >= 15 is 0 Å².